The van der Waals surface area contributed by atoms with Crippen LogP contribution in [0.5, 0.6) is 0 Å². The Balaban J connectivity index is 0.000000340. The largest absolute Gasteiger partial charge is 0.502 e. The molecule has 0 spiro atoms. The molecule has 0 heterocycles. The van der Waals surface area contributed by atoms with Gasteiger partial charge >= 0.3 is 0 Å². The number of ether oxygens (including phenoxy) is 20. The molecule has 9 saturated carbocycles. The van der Waals surface area contributed by atoms with Crippen LogP contribution in [0.15, 0.2) is 338 Å². The van der Waals surface area contributed by atoms with Gasteiger partial charge in [0.05, 0.1) is 176 Å². The molecule has 0 radical (unpaired) electrons. The van der Waals surface area contributed by atoms with Crippen molar-refractivity contribution in [3.63, 3.8) is 0 Å². The molecule has 12 atom stereocenters. The third-order valence-electron chi connectivity index (χ3n) is 27.8. The molecular formula is C126H186O20. The average Bonchev–Trinajstić information content (AvgIpc) is 1.58. The van der Waals surface area contributed by atoms with E-state index in [9.17, 15) is 0 Å². The number of hydrogen-bond acceptors (Lipinski definition) is 20. The number of allylic oxidation sites excluding steroid dienone is 4. The second-order valence-corrected chi connectivity index (χ2v) is 38.5. The van der Waals surface area contributed by atoms with Gasteiger partial charge in [-0.05, 0) is 295 Å². The van der Waals surface area contributed by atoms with E-state index >= 15 is 0 Å². The second kappa shape index (κ2) is 82.3. The Labute approximate surface area is 882 Å². The zero-order valence-corrected chi connectivity index (χ0v) is 90.0. The monoisotopic (exact) mass is 2020 g/mol. The Morgan fingerprint density at radius 3 is 0.836 bits per heavy atom. The first kappa shape index (κ1) is 126. The van der Waals surface area contributed by atoms with Crippen molar-refractivity contribution in [1.82, 2.24) is 0 Å². The van der Waals surface area contributed by atoms with Crippen LogP contribution in [-0.4, -0.2) is 127 Å². The van der Waals surface area contributed by atoms with Gasteiger partial charge in [0, 0.05) is 30.1 Å². The van der Waals surface area contributed by atoms with E-state index in [1.54, 1.807) is 62.6 Å². The average molecular weight is 2020 g/mol. The lowest BCUT2D eigenvalue weighted by atomic mass is 9.60. The summed E-state index contributed by atoms with van der Waals surface area (Å²) in [6.45, 7) is 72.2. The molecule has 12 unspecified atom stereocenters. The van der Waals surface area contributed by atoms with Gasteiger partial charge in [-0.15, -0.1) is 0 Å². The minimum Gasteiger partial charge on any atom is -0.502 e. The Bertz CT molecular complexity index is 3900. The lowest BCUT2D eigenvalue weighted by Gasteiger charge is -2.46. The molecule has 0 saturated heterocycles. The van der Waals surface area contributed by atoms with Crippen molar-refractivity contribution in [2.24, 2.45) is 58.7 Å². The van der Waals surface area contributed by atoms with Crippen molar-refractivity contribution in [2.75, 3.05) is 59.5 Å². The van der Waals surface area contributed by atoms with E-state index in [2.05, 4.69) is 125 Å². The van der Waals surface area contributed by atoms with Gasteiger partial charge < -0.3 is 94.7 Å². The number of hydrogen-bond donors (Lipinski definition) is 0. The second-order valence-electron chi connectivity index (χ2n) is 38.5. The van der Waals surface area contributed by atoms with Crippen molar-refractivity contribution in [1.29, 1.82) is 0 Å². The van der Waals surface area contributed by atoms with Crippen LogP contribution in [0.25, 0.3) is 18.2 Å². The molecule has 13 rings (SSSR count). The van der Waals surface area contributed by atoms with Crippen LogP contribution in [0.1, 0.15) is 251 Å². The third-order valence-corrected chi connectivity index (χ3v) is 27.8. The van der Waals surface area contributed by atoms with E-state index in [-0.39, 0.29) is 12.2 Å². The van der Waals surface area contributed by atoms with Crippen molar-refractivity contribution in [3.05, 3.63) is 355 Å². The molecular weight excluding hydrogens is 1830 g/mol. The minimum absolute atomic E-state index is 0.175. The van der Waals surface area contributed by atoms with Crippen molar-refractivity contribution in [2.45, 2.75) is 301 Å². The van der Waals surface area contributed by atoms with Crippen molar-refractivity contribution >= 4 is 18.2 Å². The fraction of sp³-hybridized carbons (Fsp3) is 0.524. The first-order chi connectivity index (χ1) is 71.3. The summed E-state index contributed by atoms with van der Waals surface area (Å²) >= 11 is 0. The van der Waals surface area contributed by atoms with Gasteiger partial charge in [0.1, 0.15) is 76.3 Å². The summed E-state index contributed by atoms with van der Waals surface area (Å²) in [7, 11) is 0. The Morgan fingerprint density at radius 1 is 0.260 bits per heavy atom. The fourth-order valence-electron chi connectivity index (χ4n) is 20.3. The summed E-state index contributed by atoms with van der Waals surface area (Å²) in [4.78, 5) is 0. The van der Waals surface area contributed by atoms with E-state index in [0.717, 1.165) is 130 Å². The standard InChI is InChI=1S/C19H32O2.C18H18O2.C14H22O2.C13H18O2.C12H14O2.C11H18O2.2C10H16O2.C10H18O2.C9H14O2/c1-5-20-17-11-7-15(8-12-17)19(3,4)16-9-13-18(14-10-16)21-6-2;1-3-7-17(8-4-1)11-13-19-15-16-20-14-12-18-9-5-2-6-10-18;1-3-15-13-9-5-8-12-11(13)7-6-10-14(12)16-4-2;1-3-14-8-12-10-5-6-11(7-10)13(12)9-15-4-2;1-2-13-10-11-14-9-8-12-6-4-3-5-7-12;1-3-12-9-10-5-7-11(8-6-10)13-4-2;1-3-11-9-5-7-10(8-6-9)12-4-2;1-3-11-9-7-5-6-8-10(9)12-4-2;1-9(2)7-11-5-6-12-8-10(3)4;1-3-10-8-5-6-9(7-8)11-4-2/h5-6,15-18H,1-2,7-14H2,3-4H3;1-14H,15-16H2;3-4,11-14H,1-2,5-10H2;3-6,10-13H,1-2,7-9H2;2-9H,1,10-11H2;3-4,10-11H,1-2,5-9H2;2*3-4,9-10H,1-2,5-8H2;7-8H,5-6H2,1-4H3;3-4,8-9H,1-2,5-7H2/b;13-11+,14-12+;;;9-8+;;;;;. The maximum Gasteiger partial charge on any atom is 0.134 e. The molecule has 20 heteroatoms. The first-order valence-corrected chi connectivity index (χ1v) is 53.3. The third kappa shape index (κ3) is 55.7. The van der Waals surface area contributed by atoms with E-state index < -0.39 is 0 Å². The summed E-state index contributed by atoms with van der Waals surface area (Å²) in [5.74, 6) is 6.18. The lowest BCUT2D eigenvalue weighted by molar-refractivity contribution is -0.0619. The van der Waals surface area contributed by atoms with Crippen molar-refractivity contribution < 1.29 is 94.7 Å². The van der Waals surface area contributed by atoms with Crippen LogP contribution in [0, 0.1) is 58.7 Å². The van der Waals surface area contributed by atoms with Gasteiger partial charge in [0.15, 0.2) is 0 Å². The van der Waals surface area contributed by atoms with Gasteiger partial charge in [-0.25, -0.2) is 0 Å². The fourth-order valence-corrected chi connectivity index (χ4v) is 20.3. The quantitative estimate of drug-likeness (QED) is 0.0295. The predicted octanol–water partition coefficient (Wildman–Crippen LogP) is 32.2. The smallest absolute Gasteiger partial charge is 0.134 e. The van der Waals surface area contributed by atoms with E-state index in [0.29, 0.717) is 141 Å². The first-order valence-electron chi connectivity index (χ1n) is 53.3. The van der Waals surface area contributed by atoms with E-state index in [1.807, 2.05) is 137 Å². The van der Waals surface area contributed by atoms with E-state index in [4.69, 9.17) is 94.7 Å². The molecule has 810 valence electrons. The normalized spacial score (nSPS) is 25.5. The number of benzene rings is 3. The Hall–Kier alpha value is -11.8. The summed E-state index contributed by atoms with van der Waals surface area (Å²) in [6.07, 6.45) is 80.7. The zero-order chi connectivity index (χ0) is 106. The van der Waals surface area contributed by atoms with Gasteiger partial charge in [-0.3, -0.25) is 0 Å². The molecule has 2 bridgehead atoms. The Morgan fingerprint density at radius 2 is 0.527 bits per heavy atom. The van der Waals surface area contributed by atoms with Crippen LogP contribution in [0.4, 0.5) is 0 Å². The summed E-state index contributed by atoms with van der Waals surface area (Å²) in [6, 6.07) is 30.1. The maximum absolute atomic E-state index is 5.66. The molecule has 9 fully saturated rings. The number of rotatable bonds is 51. The van der Waals surface area contributed by atoms with E-state index in [1.165, 1.54) is 185 Å². The highest BCUT2D eigenvalue weighted by atomic mass is 16.6. The molecule has 0 N–H and O–H groups in total. The molecule has 0 aliphatic heterocycles. The van der Waals surface area contributed by atoms with Gasteiger partial charge in [-0.2, -0.15) is 0 Å². The molecule has 146 heavy (non-hydrogen) atoms. The van der Waals surface area contributed by atoms with Gasteiger partial charge in [-0.1, -0.05) is 216 Å². The van der Waals surface area contributed by atoms with Gasteiger partial charge in [0.25, 0.3) is 0 Å². The highest BCUT2D eigenvalue weighted by molar-refractivity contribution is 5.49. The molecule has 10 aliphatic carbocycles. The molecule has 0 amide bonds. The molecule has 3 aromatic rings. The molecule has 0 aromatic heterocycles. The van der Waals surface area contributed by atoms with Crippen LogP contribution in [-0.2, 0) is 94.7 Å². The lowest BCUT2D eigenvalue weighted by Crippen LogP contribution is -2.43. The van der Waals surface area contributed by atoms with Gasteiger partial charge in [0.2, 0.25) is 0 Å². The molecule has 20 nitrogen and oxygen atoms in total. The van der Waals surface area contributed by atoms with Crippen molar-refractivity contribution in [3.8, 4) is 0 Å². The maximum atomic E-state index is 5.66. The Kier molecular flexibility index (Phi) is 71.3. The summed E-state index contributed by atoms with van der Waals surface area (Å²) in [5.41, 5.74) is 6.14. The topological polar surface area (TPSA) is 185 Å². The molecule has 3 aromatic carbocycles. The van der Waals surface area contributed by atoms with Crippen LogP contribution < -0.4 is 0 Å². The molecule has 10 aliphatic rings. The minimum atomic E-state index is 0.175. The SMILES string of the molecule is C(=C\c1ccccc1)/OCCO/C=C/c1ccccc1.C=COC1CCC(C(C)(C)C2CCC(OC=C)CC2)CC1.C=COC1CCC(OC=C)C1.C=COC1CCC(OC=C)CC1.C=COC1CCCC2C(OC=C)CCCC12.C=COC1CCCCC1OC=C.C=COCC1C2C=CC(C2)C1COC=C.C=COCC1CCC(OC=C)CC1.C=COCCO/C=C/c1ccccc1.CC(C)=COCCOC=C(C)C. The van der Waals surface area contributed by atoms with Crippen LogP contribution >= 0.6 is 0 Å². The predicted molar refractivity (Wildman–Crippen MR) is 598 cm³/mol. The highest BCUT2D eigenvalue weighted by Crippen LogP contribution is 2.51. The zero-order valence-electron chi connectivity index (χ0n) is 90.0. The summed E-state index contributed by atoms with van der Waals surface area (Å²) in [5, 5.41) is 0. The number of fused-ring (bicyclic) bond motifs is 3. The van der Waals surface area contributed by atoms with Crippen LogP contribution in [0.2, 0.25) is 0 Å². The highest BCUT2D eigenvalue weighted by Gasteiger charge is 2.46. The van der Waals surface area contributed by atoms with Crippen LogP contribution in [0.3, 0.4) is 0 Å². The summed E-state index contributed by atoms with van der Waals surface area (Å²) < 4.78 is 106.